The fourth-order valence-electron chi connectivity index (χ4n) is 6.22. The van der Waals surface area contributed by atoms with Crippen molar-refractivity contribution in [3.05, 3.63) is 60.7 Å². The van der Waals surface area contributed by atoms with Gasteiger partial charge in [-0.1, -0.05) is 6.07 Å². The highest BCUT2D eigenvalue weighted by Crippen LogP contribution is 2.36. The second kappa shape index (κ2) is 13.6. The Balaban J connectivity index is 1.28. The number of anilines is 5. The predicted molar refractivity (Wildman–Crippen MR) is 181 cm³/mol. The molecule has 2 amide bonds. The number of nitrogens with zero attached hydrogens (tertiary/aromatic N) is 4. The van der Waals surface area contributed by atoms with E-state index in [9.17, 15) is 9.59 Å². The zero-order valence-corrected chi connectivity index (χ0v) is 25.9. The first kappa shape index (κ1) is 29.8. The number of rotatable bonds is 11. The van der Waals surface area contributed by atoms with Crippen LogP contribution in [0.2, 0.25) is 0 Å². The van der Waals surface area contributed by atoms with E-state index in [1.165, 1.54) is 25.7 Å². The highest BCUT2D eigenvalue weighted by molar-refractivity contribution is 6.10. The number of pyridine rings is 1. The van der Waals surface area contributed by atoms with E-state index < -0.39 is 0 Å². The molecule has 3 aromatic carbocycles. The number of amides is 2. The third kappa shape index (κ3) is 7.29. The lowest BCUT2D eigenvalue weighted by molar-refractivity contribution is -0.117. The third-order valence-electron chi connectivity index (χ3n) is 8.68. The first-order valence-electron chi connectivity index (χ1n) is 15.9. The van der Waals surface area contributed by atoms with Gasteiger partial charge in [-0.3, -0.25) is 9.59 Å². The van der Waals surface area contributed by atoms with Gasteiger partial charge in [0, 0.05) is 73.5 Å². The molecule has 230 valence electrons. The summed E-state index contributed by atoms with van der Waals surface area (Å²) in [6.45, 7) is 5.88. The van der Waals surface area contributed by atoms with Crippen LogP contribution in [-0.2, 0) is 9.59 Å². The van der Waals surface area contributed by atoms with Crippen LogP contribution in [0.3, 0.4) is 0 Å². The number of aromatic nitrogens is 1. The van der Waals surface area contributed by atoms with Crippen molar-refractivity contribution < 1.29 is 9.59 Å². The van der Waals surface area contributed by atoms with Gasteiger partial charge in [-0.15, -0.1) is 0 Å². The zero-order chi connectivity index (χ0) is 30.5. The van der Waals surface area contributed by atoms with Gasteiger partial charge in [0.1, 0.15) is 0 Å². The number of carbonyl (C=O) groups excluding carboxylic acids is 2. The number of nitrogens with one attached hydrogen (secondary N) is 3. The van der Waals surface area contributed by atoms with Crippen LogP contribution in [0.1, 0.15) is 38.5 Å². The van der Waals surface area contributed by atoms with E-state index >= 15 is 0 Å². The van der Waals surface area contributed by atoms with Crippen molar-refractivity contribution in [2.75, 3.05) is 74.2 Å². The van der Waals surface area contributed by atoms with Gasteiger partial charge in [-0.2, -0.15) is 0 Å². The first-order chi connectivity index (χ1) is 21.4. The minimum atomic E-state index is 0.00909. The van der Waals surface area contributed by atoms with Crippen LogP contribution in [0.5, 0.6) is 0 Å². The molecule has 4 aromatic rings. The van der Waals surface area contributed by atoms with E-state index in [-0.39, 0.29) is 11.8 Å². The van der Waals surface area contributed by atoms with Crippen molar-refractivity contribution in [3.8, 4) is 0 Å². The fraction of sp³-hybridized carbons (Fsp3) is 0.400. The summed E-state index contributed by atoms with van der Waals surface area (Å²) in [5.74, 6) is 0.0182. The second-order valence-corrected chi connectivity index (χ2v) is 12.2. The Morgan fingerprint density at radius 2 is 1.23 bits per heavy atom. The largest absolute Gasteiger partial charge is 0.378 e. The summed E-state index contributed by atoms with van der Waals surface area (Å²) >= 11 is 0. The minimum Gasteiger partial charge on any atom is -0.378 e. The molecule has 2 aliphatic rings. The first-order valence-corrected chi connectivity index (χ1v) is 15.9. The highest BCUT2D eigenvalue weighted by atomic mass is 16.2. The van der Waals surface area contributed by atoms with Crippen LogP contribution >= 0.6 is 0 Å². The van der Waals surface area contributed by atoms with Crippen LogP contribution in [0.4, 0.5) is 28.4 Å². The monoisotopic (exact) mass is 593 g/mol. The van der Waals surface area contributed by atoms with Gasteiger partial charge in [0.2, 0.25) is 11.8 Å². The van der Waals surface area contributed by atoms with Crippen LogP contribution in [0.25, 0.3) is 21.8 Å². The summed E-state index contributed by atoms with van der Waals surface area (Å²) < 4.78 is 0. The molecule has 2 saturated heterocycles. The Kier molecular flexibility index (Phi) is 9.23. The maximum absolute atomic E-state index is 12.8. The molecule has 3 N–H and O–H groups in total. The summed E-state index contributed by atoms with van der Waals surface area (Å²) in [5, 5.41) is 11.7. The Morgan fingerprint density at radius 1 is 0.705 bits per heavy atom. The number of likely N-dealkylation sites (tertiary alicyclic amines) is 2. The van der Waals surface area contributed by atoms with Crippen molar-refractivity contribution in [1.29, 1.82) is 0 Å². The quantitative estimate of drug-likeness (QED) is 0.183. The molecule has 2 aliphatic heterocycles. The predicted octanol–water partition coefficient (Wildman–Crippen LogP) is 6.05. The minimum absolute atomic E-state index is 0.00909. The molecular formula is C35H43N7O2. The molecule has 3 heterocycles. The topological polar surface area (TPSA) is 92.8 Å². The van der Waals surface area contributed by atoms with E-state index in [0.29, 0.717) is 12.8 Å². The SMILES string of the molecule is CN(C)c1cccc(Nc2c3ccc(NC(=O)CCN4CCCC4)cc3nc3cc(NC(=O)CCN4CCCC4)ccc23)c1. The molecule has 0 unspecified atom stereocenters. The number of carbonyl (C=O) groups is 2. The Bertz CT molecular complexity index is 1550. The molecule has 6 rings (SSSR count). The molecule has 9 nitrogen and oxygen atoms in total. The van der Waals surface area contributed by atoms with Gasteiger partial charge in [0.05, 0.1) is 16.7 Å². The van der Waals surface area contributed by atoms with Crippen molar-refractivity contribution >= 4 is 62.1 Å². The summed E-state index contributed by atoms with van der Waals surface area (Å²) in [5.41, 5.74) is 5.96. The van der Waals surface area contributed by atoms with Crippen LogP contribution in [0.15, 0.2) is 60.7 Å². The van der Waals surface area contributed by atoms with E-state index in [4.69, 9.17) is 4.98 Å². The fourth-order valence-corrected chi connectivity index (χ4v) is 6.22. The molecule has 1 aromatic heterocycles. The summed E-state index contributed by atoms with van der Waals surface area (Å²) in [4.78, 5) is 37.3. The average Bonchev–Trinajstić information content (AvgIpc) is 3.74. The van der Waals surface area contributed by atoms with E-state index in [0.717, 1.165) is 89.5 Å². The molecule has 0 bridgehead atoms. The van der Waals surface area contributed by atoms with Gasteiger partial charge < -0.3 is 30.7 Å². The molecule has 9 heteroatoms. The molecule has 44 heavy (non-hydrogen) atoms. The van der Waals surface area contributed by atoms with Gasteiger partial charge in [-0.25, -0.2) is 4.98 Å². The lowest BCUT2D eigenvalue weighted by Gasteiger charge is -2.18. The van der Waals surface area contributed by atoms with Crippen LogP contribution < -0.4 is 20.9 Å². The molecule has 0 atom stereocenters. The molecule has 0 aliphatic carbocycles. The smallest absolute Gasteiger partial charge is 0.225 e. The number of hydrogen-bond donors (Lipinski definition) is 3. The highest BCUT2D eigenvalue weighted by Gasteiger charge is 2.16. The zero-order valence-electron chi connectivity index (χ0n) is 25.9. The van der Waals surface area contributed by atoms with Gasteiger partial charge in [0.25, 0.3) is 0 Å². The van der Waals surface area contributed by atoms with E-state index in [1.807, 2.05) is 56.6 Å². The third-order valence-corrected chi connectivity index (χ3v) is 8.68. The summed E-state index contributed by atoms with van der Waals surface area (Å²) in [6, 6.07) is 20.1. The van der Waals surface area contributed by atoms with Gasteiger partial charge in [-0.05, 0) is 106 Å². The Morgan fingerprint density at radius 3 is 1.73 bits per heavy atom. The summed E-state index contributed by atoms with van der Waals surface area (Å²) in [6.07, 6.45) is 5.80. The number of fused-ring (bicyclic) bond motifs is 2. The van der Waals surface area contributed by atoms with Crippen molar-refractivity contribution in [1.82, 2.24) is 14.8 Å². The van der Waals surface area contributed by atoms with Crippen molar-refractivity contribution in [2.24, 2.45) is 0 Å². The van der Waals surface area contributed by atoms with E-state index in [1.54, 1.807) is 0 Å². The lowest BCUT2D eigenvalue weighted by atomic mass is 10.1. The maximum Gasteiger partial charge on any atom is 0.225 e. The van der Waals surface area contributed by atoms with Gasteiger partial charge in [0.15, 0.2) is 0 Å². The Labute approximate surface area is 259 Å². The van der Waals surface area contributed by atoms with Crippen LogP contribution in [-0.4, -0.2) is 80.0 Å². The average molecular weight is 594 g/mol. The molecule has 0 radical (unpaired) electrons. The van der Waals surface area contributed by atoms with Crippen LogP contribution in [0, 0.1) is 0 Å². The molecule has 0 spiro atoms. The standard InChI is InChI=1S/C35H43N7O2/c1-40(2)28-9-7-8-25(22-28)38-35-29-12-10-26(36-33(43)14-20-41-16-3-4-17-41)23-31(29)39-32-24-27(11-13-30(32)35)37-34(44)15-21-42-18-5-6-19-42/h7-13,22-24H,3-6,14-21H2,1-2H3,(H,36,43)(H,37,44)(H,38,39). The number of benzene rings is 3. The number of hydrogen-bond acceptors (Lipinski definition) is 7. The van der Waals surface area contributed by atoms with Crippen molar-refractivity contribution in [3.63, 3.8) is 0 Å². The molecular weight excluding hydrogens is 550 g/mol. The lowest BCUT2D eigenvalue weighted by Crippen LogP contribution is -2.25. The molecule has 2 fully saturated rings. The van der Waals surface area contributed by atoms with E-state index in [2.05, 4.69) is 48.8 Å². The molecule has 0 saturated carbocycles. The second-order valence-electron chi connectivity index (χ2n) is 12.2. The Hall–Kier alpha value is -4.21. The summed E-state index contributed by atoms with van der Waals surface area (Å²) in [7, 11) is 4.05. The van der Waals surface area contributed by atoms with Gasteiger partial charge >= 0.3 is 0 Å². The maximum atomic E-state index is 12.8. The van der Waals surface area contributed by atoms with Crippen molar-refractivity contribution in [2.45, 2.75) is 38.5 Å². The normalized spacial score (nSPS) is 15.6.